The van der Waals surface area contributed by atoms with Crippen LogP contribution in [0.4, 0.5) is 0 Å². The fourth-order valence-corrected chi connectivity index (χ4v) is 2.05. The molecule has 0 aliphatic carbocycles. The molecule has 1 aliphatic heterocycles. The quantitative estimate of drug-likeness (QED) is 0.817. The van der Waals surface area contributed by atoms with Crippen LogP contribution in [0.25, 0.3) is 0 Å². The van der Waals surface area contributed by atoms with Crippen LogP contribution in [-0.4, -0.2) is 30.4 Å². The van der Waals surface area contributed by atoms with Gasteiger partial charge in [0.2, 0.25) is 0 Å². The Morgan fingerprint density at radius 3 is 2.65 bits per heavy atom. The molecule has 1 aromatic carbocycles. The van der Waals surface area contributed by atoms with E-state index in [1.807, 2.05) is 12.1 Å². The third kappa shape index (κ3) is 3.45. The van der Waals surface area contributed by atoms with Crippen LogP contribution in [0.15, 0.2) is 24.3 Å². The van der Waals surface area contributed by atoms with Crippen LogP contribution in [-0.2, 0) is 6.42 Å². The van der Waals surface area contributed by atoms with Gasteiger partial charge in [-0.3, -0.25) is 0 Å². The second-order valence-electron chi connectivity index (χ2n) is 4.63. The zero-order valence-corrected chi connectivity index (χ0v) is 10.4. The summed E-state index contributed by atoms with van der Waals surface area (Å²) >= 11 is 0. The molecule has 1 aromatic rings. The molecule has 2 rings (SSSR count). The maximum absolute atomic E-state index is 9.63. The van der Waals surface area contributed by atoms with Crippen molar-refractivity contribution in [2.75, 3.05) is 13.1 Å². The van der Waals surface area contributed by atoms with Gasteiger partial charge in [-0.15, -0.1) is 0 Å². The van der Waals surface area contributed by atoms with Gasteiger partial charge in [-0.2, -0.15) is 0 Å². The van der Waals surface area contributed by atoms with E-state index in [1.165, 1.54) is 18.4 Å². The van der Waals surface area contributed by atoms with Gasteiger partial charge in [0, 0.05) is 13.1 Å². The first-order valence-corrected chi connectivity index (χ1v) is 6.44. The molecule has 0 bridgehead atoms. The number of benzene rings is 1. The second kappa shape index (κ2) is 6.03. The number of ether oxygens (including phenoxy) is 1. The minimum Gasteiger partial charge on any atom is -0.486 e. The van der Waals surface area contributed by atoms with Crippen LogP contribution in [0.2, 0.25) is 0 Å². The van der Waals surface area contributed by atoms with Crippen LogP contribution >= 0.6 is 0 Å². The molecule has 0 amide bonds. The lowest BCUT2D eigenvalue weighted by Crippen LogP contribution is -2.29. The van der Waals surface area contributed by atoms with Crippen molar-refractivity contribution in [1.82, 2.24) is 5.32 Å². The van der Waals surface area contributed by atoms with E-state index in [-0.39, 0.29) is 6.10 Å². The molecule has 0 spiro atoms. The van der Waals surface area contributed by atoms with Crippen molar-refractivity contribution >= 4 is 0 Å². The van der Waals surface area contributed by atoms with E-state index in [1.54, 1.807) is 0 Å². The molecule has 3 heteroatoms. The highest BCUT2D eigenvalue weighted by Gasteiger charge is 2.26. The molecule has 2 N–H and O–H groups in total. The summed E-state index contributed by atoms with van der Waals surface area (Å²) in [5.74, 6) is 0.845. The Morgan fingerprint density at radius 2 is 2.06 bits per heavy atom. The Balaban J connectivity index is 1.89. The molecule has 2 atom stereocenters. The van der Waals surface area contributed by atoms with Gasteiger partial charge in [0.05, 0.1) is 0 Å². The normalized spacial score (nSPS) is 23.9. The summed E-state index contributed by atoms with van der Waals surface area (Å²) in [5, 5.41) is 12.7. The number of aryl methyl sites for hydroxylation is 1. The van der Waals surface area contributed by atoms with Crippen molar-refractivity contribution in [3.63, 3.8) is 0 Å². The monoisotopic (exact) mass is 235 g/mol. The number of rotatable bonds is 5. The molecule has 0 aromatic heterocycles. The number of unbranched alkanes of at least 4 members (excludes halogenated alkanes) is 1. The lowest BCUT2D eigenvalue weighted by molar-refractivity contribution is 0.0737. The molecule has 17 heavy (non-hydrogen) atoms. The number of hydrogen-bond donors (Lipinski definition) is 2. The number of nitrogens with one attached hydrogen (secondary N) is 1. The Bertz CT molecular complexity index is 337. The summed E-state index contributed by atoms with van der Waals surface area (Å²) in [4.78, 5) is 0. The number of aliphatic hydroxyl groups is 1. The standard InChI is InChI=1S/C14H21NO2/c1-2-3-4-11-5-7-12(8-6-11)17-14-10-15-9-13(14)16/h5-8,13-16H,2-4,9-10H2,1H3. The van der Waals surface area contributed by atoms with E-state index in [4.69, 9.17) is 4.74 Å². The van der Waals surface area contributed by atoms with Crippen LogP contribution in [0.1, 0.15) is 25.3 Å². The summed E-state index contributed by atoms with van der Waals surface area (Å²) in [7, 11) is 0. The van der Waals surface area contributed by atoms with Crippen LogP contribution in [0.3, 0.4) is 0 Å². The van der Waals surface area contributed by atoms with E-state index in [0.29, 0.717) is 6.54 Å². The van der Waals surface area contributed by atoms with Crippen molar-refractivity contribution in [3.8, 4) is 5.75 Å². The van der Waals surface area contributed by atoms with Gasteiger partial charge < -0.3 is 15.2 Å². The molecule has 1 heterocycles. The summed E-state index contributed by atoms with van der Waals surface area (Å²) in [6.07, 6.45) is 3.07. The van der Waals surface area contributed by atoms with Crippen molar-refractivity contribution in [1.29, 1.82) is 0 Å². The third-order valence-corrected chi connectivity index (χ3v) is 3.16. The van der Waals surface area contributed by atoms with E-state index in [2.05, 4.69) is 24.4 Å². The average Bonchev–Trinajstić information content (AvgIpc) is 2.74. The molecule has 1 fully saturated rings. The molecule has 0 saturated carbocycles. The highest BCUT2D eigenvalue weighted by molar-refractivity contribution is 5.27. The average molecular weight is 235 g/mol. The Kier molecular flexibility index (Phi) is 4.40. The molecule has 1 aliphatic rings. The van der Waals surface area contributed by atoms with Crippen LogP contribution in [0.5, 0.6) is 5.75 Å². The van der Waals surface area contributed by atoms with Crippen LogP contribution in [0, 0.1) is 0 Å². The Hall–Kier alpha value is -1.06. The SMILES string of the molecule is CCCCc1ccc(OC2CNCC2O)cc1. The van der Waals surface area contributed by atoms with Crippen molar-refractivity contribution < 1.29 is 9.84 Å². The summed E-state index contributed by atoms with van der Waals surface area (Å²) in [5.41, 5.74) is 1.35. The number of β-amino-alcohol motifs (C(OH)–C–C–N with tert-alkyl or cyclic N) is 1. The molecule has 2 unspecified atom stereocenters. The van der Waals surface area contributed by atoms with Gasteiger partial charge >= 0.3 is 0 Å². The van der Waals surface area contributed by atoms with E-state index < -0.39 is 6.10 Å². The van der Waals surface area contributed by atoms with Gasteiger partial charge in [0.15, 0.2) is 0 Å². The topological polar surface area (TPSA) is 41.5 Å². The number of hydrogen-bond acceptors (Lipinski definition) is 3. The van der Waals surface area contributed by atoms with E-state index in [9.17, 15) is 5.11 Å². The summed E-state index contributed by atoms with van der Waals surface area (Å²) < 4.78 is 5.73. The van der Waals surface area contributed by atoms with Gasteiger partial charge in [-0.25, -0.2) is 0 Å². The highest BCUT2D eigenvalue weighted by Crippen LogP contribution is 2.17. The zero-order valence-electron chi connectivity index (χ0n) is 10.4. The molecule has 1 saturated heterocycles. The van der Waals surface area contributed by atoms with Crippen molar-refractivity contribution in [2.45, 2.75) is 38.4 Å². The first kappa shape index (κ1) is 12.4. The Labute approximate surface area is 103 Å². The predicted molar refractivity (Wildman–Crippen MR) is 68.3 cm³/mol. The minimum absolute atomic E-state index is 0.114. The van der Waals surface area contributed by atoms with Gasteiger partial charge in [0.1, 0.15) is 18.0 Å². The molecular formula is C14H21NO2. The lowest BCUT2D eigenvalue weighted by Gasteiger charge is -2.16. The van der Waals surface area contributed by atoms with Crippen molar-refractivity contribution in [3.05, 3.63) is 29.8 Å². The molecule has 94 valence electrons. The maximum atomic E-state index is 9.63. The first-order chi connectivity index (χ1) is 8.29. The highest BCUT2D eigenvalue weighted by atomic mass is 16.5. The fraction of sp³-hybridized carbons (Fsp3) is 0.571. The lowest BCUT2D eigenvalue weighted by atomic mass is 10.1. The maximum Gasteiger partial charge on any atom is 0.138 e. The largest absolute Gasteiger partial charge is 0.486 e. The third-order valence-electron chi connectivity index (χ3n) is 3.16. The second-order valence-corrected chi connectivity index (χ2v) is 4.63. The first-order valence-electron chi connectivity index (χ1n) is 6.44. The van der Waals surface area contributed by atoms with Gasteiger partial charge in [-0.05, 0) is 30.5 Å². The van der Waals surface area contributed by atoms with Gasteiger partial charge in [0.25, 0.3) is 0 Å². The van der Waals surface area contributed by atoms with Gasteiger partial charge in [-0.1, -0.05) is 25.5 Å². The number of aliphatic hydroxyl groups excluding tert-OH is 1. The van der Waals surface area contributed by atoms with Crippen molar-refractivity contribution in [2.24, 2.45) is 0 Å². The minimum atomic E-state index is -0.394. The molecule has 3 nitrogen and oxygen atoms in total. The smallest absolute Gasteiger partial charge is 0.138 e. The summed E-state index contributed by atoms with van der Waals surface area (Å²) in [6.45, 7) is 3.55. The zero-order chi connectivity index (χ0) is 12.1. The fourth-order valence-electron chi connectivity index (χ4n) is 2.05. The molecule has 0 radical (unpaired) electrons. The van der Waals surface area contributed by atoms with E-state index in [0.717, 1.165) is 18.7 Å². The predicted octanol–water partition coefficient (Wildman–Crippen LogP) is 1.74. The Morgan fingerprint density at radius 1 is 1.29 bits per heavy atom. The molecular weight excluding hydrogens is 214 g/mol. The van der Waals surface area contributed by atoms with Crippen LogP contribution < -0.4 is 10.1 Å². The van der Waals surface area contributed by atoms with E-state index >= 15 is 0 Å². The summed E-state index contributed by atoms with van der Waals surface area (Å²) in [6, 6.07) is 8.21.